The number of methoxy groups -OCH3 is 2. The van der Waals surface area contributed by atoms with Crippen LogP contribution in [0.1, 0.15) is 61.5 Å². The van der Waals surface area contributed by atoms with Crippen LogP contribution in [0, 0.1) is 11.8 Å². The highest BCUT2D eigenvalue weighted by Crippen LogP contribution is 2.48. The van der Waals surface area contributed by atoms with Gasteiger partial charge in [-0.15, -0.1) is 0 Å². The predicted octanol–water partition coefficient (Wildman–Crippen LogP) is 5.74. The van der Waals surface area contributed by atoms with Gasteiger partial charge in [-0.2, -0.15) is 0 Å². The van der Waals surface area contributed by atoms with Crippen LogP contribution in [0.2, 0.25) is 0 Å². The van der Waals surface area contributed by atoms with E-state index in [4.69, 9.17) is 9.47 Å². The number of rotatable bonds is 10. The van der Waals surface area contributed by atoms with Crippen LogP contribution in [0.3, 0.4) is 0 Å². The third-order valence-electron chi connectivity index (χ3n) is 6.32. The average Bonchev–Trinajstić information content (AvgIpc) is 3.63. The van der Waals surface area contributed by atoms with Crippen LogP contribution >= 0.6 is 0 Å². The van der Waals surface area contributed by atoms with Crippen LogP contribution in [0.15, 0.2) is 48.5 Å². The van der Waals surface area contributed by atoms with Crippen molar-refractivity contribution < 1.29 is 14.3 Å². The van der Waals surface area contributed by atoms with E-state index >= 15 is 0 Å². The predicted molar refractivity (Wildman–Crippen MR) is 111 cm³/mol. The van der Waals surface area contributed by atoms with Crippen LogP contribution in [0.25, 0.3) is 0 Å². The quantitative estimate of drug-likeness (QED) is 0.529. The summed E-state index contributed by atoms with van der Waals surface area (Å²) >= 11 is 0. The Balaban J connectivity index is 1.47. The Bertz CT molecular complexity index is 753. The van der Waals surface area contributed by atoms with Gasteiger partial charge in [-0.3, -0.25) is 4.79 Å². The van der Waals surface area contributed by atoms with Crippen molar-refractivity contribution >= 4 is 5.78 Å². The van der Waals surface area contributed by atoms with Gasteiger partial charge < -0.3 is 9.47 Å². The molecule has 2 fully saturated rings. The standard InChI is InChI=1S/C25H30O3/c1-27-22-7-3-5-19(13-22)24(17-9-10-17)15-21(26)16-25(18-11-12-18)20-6-4-8-23(14-20)28-2/h3-8,13-14,17-18,24-25H,9-12,15-16H2,1-2H3. The fourth-order valence-electron chi connectivity index (χ4n) is 4.43. The Hall–Kier alpha value is -2.29. The summed E-state index contributed by atoms with van der Waals surface area (Å²) in [6.07, 6.45) is 6.22. The summed E-state index contributed by atoms with van der Waals surface area (Å²) in [5.74, 6) is 4.09. The maximum Gasteiger partial charge on any atom is 0.134 e. The van der Waals surface area contributed by atoms with E-state index in [-0.39, 0.29) is 0 Å². The van der Waals surface area contributed by atoms with E-state index in [2.05, 4.69) is 24.3 Å². The summed E-state index contributed by atoms with van der Waals surface area (Å²) in [5.41, 5.74) is 2.50. The van der Waals surface area contributed by atoms with E-state index in [1.54, 1.807) is 14.2 Å². The van der Waals surface area contributed by atoms with Gasteiger partial charge in [0.25, 0.3) is 0 Å². The number of carbonyl (C=O) groups is 1. The van der Waals surface area contributed by atoms with E-state index in [9.17, 15) is 4.79 Å². The molecule has 2 aliphatic carbocycles. The maximum atomic E-state index is 13.1. The third-order valence-corrected chi connectivity index (χ3v) is 6.32. The van der Waals surface area contributed by atoms with Crippen LogP contribution in [0.5, 0.6) is 11.5 Å². The van der Waals surface area contributed by atoms with Crippen molar-refractivity contribution in [2.45, 2.75) is 50.4 Å². The first-order chi connectivity index (χ1) is 13.7. The molecule has 0 N–H and O–H groups in total. The Labute approximate surface area is 168 Å². The number of hydrogen-bond donors (Lipinski definition) is 0. The molecule has 2 saturated carbocycles. The van der Waals surface area contributed by atoms with Crippen molar-refractivity contribution in [1.82, 2.24) is 0 Å². The van der Waals surface area contributed by atoms with Crippen molar-refractivity contribution in [3.8, 4) is 11.5 Å². The Morgan fingerprint density at radius 1 is 0.821 bits per heavy atom. The maximum absolute atomic E-state index is 13.1. The molecule has 3 heteroatoms. The van der Waals surface area contributed by atoms with Gasteiger partial charge in [0, 0.05) is 12.8 Å². The second kappa shape index (κ2) is 8.38. The van der Waals surface area contributed by atoms with Crippen molar-refractivity contribution in [3.63, 3.8) is 0 Å². The molecule has 2 aromatic rings. The molecule has 2 aliphatic rings. The molecule has 28 heavy (non-hydrogen) atoms. The molecular weight excluding hydrogens is 348 g/mol. The van der Waals surface area contributed by atoms with E-state index in [1.165, 1.54) is 36.8 Å². The molecule has 2 unspecified atom stereocenters. The minimum absolute atomic E-state index is 0.327. The normalized spacial score (nSPS) is 18.4. The zero-order valence-corrected chi connectivity index (χ0v) is 16.9. The zero-order chi connectivity index (χ0) is 19.5. The van der Waals surface area contributed by atoms with E-state index in [0.29, 0.717) is 42.3 Å². The Kier molecular flexibility index (Phi) is 5.70. The smallest absolute Gasteiger partial charge is 0.134 e. The summed E-state index contributed by atoms with van der Waals surface area (Å²) in [5, 5.41) is 0. The molecule has 148 valence electrons. The van der Waals surface area contributed by atoms with Crippen molar-refractivity contribution in [2.75, 3.05) is 14.2 Å². The number of ketones is 1. The molecule has 0 aliphatic heterocycles. The lowest BCUT2D eigenvalue weighted by Crippen LogP contribution is -2.14. The lowest BCUT2D eigenvalue weighted by molar-refractivity contribution is -0.120. The van der Waals surface area contributed by atoms with E-state index in [0.717, 1.165) is 11.5 Å². The van der Waals surface area contributed by atoms with Gasteiger partial charge in [-0.1, -0.05) is 24.3 Å². The Morgan fingerprint density at radius 3 is 1.61 bits per heavy atom. The molecule has 0 radical (unpaired) electrons. The fourth-order valence-corrected chi connectivity index (χ4v) is 4.43. The van der Waals surface area contributed by atoms with Crippen LogP contribution in [-0.4, -0.2) is 20.0 Å². The van der Waals surface area contributed by atoms with Gasteiger partial charge >= 0.3 is 0 Å². The minimum atomic E-state index is 0.327. The fraction of sp³-hybridized carbons (Fsp3) is 0.480. The Morgan fingerprint density at radius 2 is 1.25 bits per heavy atom. The molecule has 2 aromatic carbocycles. The third kappa shape index (κ3) is 4.57. The second-order valence-corrected chi connectivity index (χ2v) is 8.39. The highest BCUT2D eigenvalue weighted by molar-refractivity contribution is 5.80. The summed E-state index contributed by atoms with van der Waals surface area (Å²) < 4.78 is 10.8. The minimum Gasteiger partial charge on any atom is -0.497 e. The molecule has 4 rings (SSSR count). The number of Topliss-reactive ketones (excluding diaryl/α,β-unsaturated/α-hetero) is 1. The summed E-state index contributed by atoms with van der Waals surface area (Å²) in [7, 11) is 3.40. The lowest BCUT2D eigenvalue weighted by atomic mass is 9.84. The molecule has 0 aromatic heterocycles. The van der Waals surface area contributed by atoms with Gasteiger partial charge in [0.1, 0.15) is 17.3 Å². The zero-order valence-electron chi connectivity index (χ0n) is 16.9. The van der Waals surface area contributed by atoms with Gasteiger partial charge in [-0.25, -0.2) is 0 Å². The van der Waals surface area contributed by atoms with Crippen LogP contribution < -0.4 is 9.47 Å². The van der Waals surface area contributed by atoms with E-state index < -0.39 is 0 Å². The van der Waals surface area contributed by atoms with Gasteiger partial charge in [-0.05, 0) is 84.7 Å². The SMILES string of the molecule is COc1cccc(C(CC(=O)CC(c2cccc(OC)c2)C2CC2)C2CC2)c1. The van der Waals surface area contributed by atoms with Crippen LogP contribution in [0.4, 0.5) is 0 Å². The van der Waals surface area contributed by atoms with Crippen molar-refractivity contribution in [2.24, 2.45) is 11.8 Å². The van der Waals surface area contributed by atoms with E-state index in [1.807, 2.05) is 24.3 Å². The van der Waals surface area contributed by atoms with Gasteiger partial charge in [0.15, 0.2) is 0 Å². The van der Waals surface area contributed by atoms with Crippen molar-refractivity contribution in [3.05, 3.63) is 59.7 Å². The first-order valence-electron chi connectivity index (χ1n) is 10.5. The number of hydrogen-bond acceptors (Lipinski definition) is 3. The number of ether oxygens (including phenoxy) is 2. The first kappa shape index (κ1) is 19.0. The van der Waals surface area contributed by atoms with Gasteiger partial charge in [0.05, 0.1) is 14.2 Å². The summed E-state index contributed by atoms with van der Waals surface area (Å²) in [4.78, 5) is 13.1. The molecule has 0 bridgehead atoms. The highest BCUT2D eigenvalue weighted by atomic mass is 16.5. The van der Waals surface area contributed by atoms with Crippen molar-refractivity contribution in [1.29, 1.82) is 0 Å². The molecule has 2 atom stereocenters. The number of benzene rings is 2. The van der Waals surface area contributed by atoms with Gasteiger partial charge in [0.2, 0.25) is 0 Å². The average molecular weight is 379 g/mol. The van der Waals surface area contributed by atoms with Crippen LogP contribution in [-0.2, 0) is 4.79 Å². The molecule has 3 nitrogen and oxygen atoms in total. The molecule has 0 saturated heterocycles. The summed E-state index contributed by atoms with van der Waals surface area (Å²) in [6, 6.07) is 16.5. The lowest BCUT2D eigenvalue weighted by Gasteiger charge is -2.20. The molecule has 0 heterocycles. The number of carbonyl (C=O) groups excluding carboxylic acids is 1. The first-order valence-corrected chi connectivity index (χ1v) is 10.5. The monoisotopic (exact) mass is 378 g/mol. The highest BCUT2D eigenvalue weighted by Gasteiger charge is 2.37. The molecule has 0 spiro atoms. The molecular formula is C25H30O3. The molecule has 0 amide bonds. The topological polar surface area (TPSA) is 35.5 Å². The second-order valence-electron chi connectivity index (χ2n) is 8.39. The largest absolute Gasteiger partial charge is 0.497 e. The summed E-state index contributed by atoms with van der Waals surface area (Å²) in [6.45, 7) is 0.